The van der Waals surface area contributed by atoms with Crippen molar-refractivity contribution in [1.82, 2.24) is 13.7 Å². The molecule has 3 aromatic heterocycles. The number of hydrogen-bond acceptors (Lipinski definition) is 2. The fourth-order valence-corrected chi connectivity index (χ4v) is 8.76. The summed E-state index contributed by atoms with van der Waals surface area (Å²) in [5.74, 6) is 0. The van der Waals surface area contributed by atoms with Crippen LogP contribution in [-0.2, 0) is 0 Å². The van der Waals surface area contributed by atoms with E-state index in [0.717, 1.165) is 82.8 Å². The van der Waals surface area contributed by atoms with Crippen molar-refractivity contribution in [3.8, 4) is 40.3 Å². The third-order valence-electron chi connectivity index (χ3n) is 11.1. The molecule has 0 atom stereocenters. The normalized spacial score (nSPS) is 11.6. The first-order chi connectivity index (χ1) is 27.2. The van der Waals surface area contributed by atoms with Crippen molar-refractivity contribution in [2.45, 2.75) is 0 Å². The summed E-state index contributed by atoms with van der Waals surface area (Å²) in [7, 11) is 0. The Morgan fingerprint density at radius 3 is 1.38 bits per heavy atom. The van der Waals surface area contributed by atoms with E-state index in [2.05, 4.69) is 177 Å². The van der Waals surface area contributed by atoms with E-state index >= 15 is 0 Å². The van der Waals surface area contributed by atoms with Crippen molar-refractivity contribution in [2.75, 3.05) is 0 Å². The Hall–Kier alpha value is -7.86. The van der Waals surface area contributed by atoms with Gasteiger partial charge in [0.25, 0.3) is 0 Å². The predicted octanol–water partition coefficient (Wildman–Crippen LogP) is 12.4. The first-order valence-corrected chi connectivity index (χ1v) is 18.3. The molecule has 0 saturated carbocycles. The SMILES string of the molecule is N#Cc1ccc2c(c1)c1cc(-n3c4ccccc4c4ccccc43)ccc1n2-c1ccc(-c2cccc(C#N)c2-n2c3ccccc3c3ccccc32)cc1. The van der Waals surface area contributed by atoms with E-state index < -0.39 is 0 Å². The molecule has 0 aliphatic heterocycles. The summed E-state index contributed by atoms with van der Waals surface area (Å²) in [4.78, 5) is 0. The maximum Gasteiger partial charge on any atom is 0.101 e. The van der Waals surface area contributed by atoms with Crippen molar-refractivity contribution in [3.05, 3.63) is 187 Å². The lowest BCUT2D eigenvalue weighted by atomic mass is 9.99. The molecular weight excluding hydrogens is 671 g/mol. The van der Waals surface area contributed by atoms with E-state index in [1.165, 1.54) is 10.8 Å². The highest BCUT2D eigenvalue weighted by Crippen LogP contribution is 2.40. The molecule has 0 unspecified atom stereocenters. The average Bonchev–Trinajstić information content (AvgIpc) is 3.88. The second kappa shape index (κ2) is 11.8. The topological polar surface area (TPSA) is 62.4 Å². The van der Waals surface area contributed by atoms with Gasteiger partial charge in [-0.1, -0.05) is 97.1 Å². The molecule has 254 valence electrons. The highest BCUT2D eigenvalue weighted by molar-refractivity contribution is 6.13. The van der Waals surface area contributed by atoms with Gasteiger partial charge < -0.3 is 13.7 Å². The summed E-state index contributed by atoms with van der Waals surface area (Å²) >= 11 is 0. The maximum atomic E-state index is 10.4. The summed E-state index contributed by atoms with van der Waals surface area (Å²) in [6.45, 7) is 0. The Bertz CT molecular complexity index is 3350. The first kappa shape index (κ1) is 30.7. The van der Waals surface area contributed by atoms with Gasteiger partial charge in [0.2, 0.25) is 0 Å². The molecule has 0 aliphatic rings. The van der Waals surface area contributed by atoms with Gasteiger partial charge in [-0.2, -0.15) is 10.5 Å². The van der Waals surface area contributed by atoms with Crippen LogP contribution in [0.2, 0.25) is 0 Å². The summed E-state index contributed by atoms with van der Waals surface area (Å²) < 4.78 is 6.85. The van der Waals surface area contributed by atoms with Crippen molar-refractivity contribution < 1.29 is 0 Å². The molecule has 0 fully saturated rings. The van der Waals surface area contributed by atoms with E-state index in [0.29, 0.717) is 11.1 Å². The molecule has 11 rings (SSSR count). The second-order valence-electron chi connectivity index (χ2n) is 14.0. The number of para-hydroxylation sites is 5. The standard InChI is InChI=1S/C50H29N5/c51-30-32-20-26-48-42(28-32)43-29-36(54-44-16-5-1-11-38(44)39-12-2-6-17-45(39)54)25-27-49(43)53(48)35-23-21-33(22-24-35)37-15-9-10-34(31-52)50(37)55-46-18-7-3-13-40(46)41-14-4-8-19-47(41)55/h1-29H. The van der Waals surface area contributed by atoms with Crippen LogP contribution in [0, 0.1) is 22.7 Å². The number of fused-ring (bicyclic) bond motifs is 9. The Morgan fingerprint density at radius 2 is 0.818 bits per heavy atom. The number of nitriles is 2. The van der Waals surface area contributed by atoms with Crippen LogP contribution >= 0.6 is 0 Å². The van der Waals surface area contributed by atoms with E-state index in [1.54, 1.807) is 0 Å². The molecule has 0 radical (unpaired) electrons. The zero-order valence-electron chi connectivity index (χ0n) is 29.5. The highest BCUT2D eigenvalue weighted by Gasteiger charge is 2.20. The van der Waals surface area contributed by atoms with Gasteiger partial charge in [-0.15, -0.1) is 0 Å². The average molecular weight is 700 g/mol. The van der Waals surface area contributed by atoms with E-state index in [-0.39, 0.29) is 0 Å². The molecule has 55 heavy (non-hydrogen) atoms. The number of nitrogens with zero attached hydrogens (tertiary/aromatic N) is 5. The lowest BCUT2D eigenvalue weighted by Gasteiger charge is -2.16. The first-order valence-electron chi connectivity index (χ1n) is 18.3. The van der Waals surface area contributed by atoms with Crippen LogP contribution in [0.5, 0.6) is 0 Å². The predicted molar refractivity (Wildman–Crippen MR) is 224 cm³/mol. The van der Waals surface area contributed by atoms with Gasteiger partial charge in [0.05, 0.1) is 56.0 Å². The van der Waals surface area contributed by atoms with Gasteiger partial charge >= 0.3 is 0 Å². The van der Waals surface area contributed by atoms with Crippen LogP contribution in [0.4, 0.5) is 0 Å². The molecular formula is C50H29N5. The van der Waals surface area contributed by atoms with Crippen LogP contribution in [0.25, 0.3) is 93.6 Å². The maximum absolute atomic E-state index is 10.4. The monoisotopic (exact) mass is 699 g/mol. The smallest absolute Gasteiger partial charge is 0.101 e. The molecule has 0 N–H and O–H groups in total. The lowest BCUT2D eigenvalue weighted by Crippen LogP contribution is -2.01. The van der Waals surface area contributed by atoms with Crippen LogP contribution in [0.15, 0.2) is 176 Å². The molecule has 5 nitrogen and oxygen atoms in total. The van der Waals surface area contributed by atoms with Gasteiger partial charge in [0.15, 0.2) is 0 Å². The Kier molecular flexibility index (Phi) is 6.61. The second-order valence-corrected chi connectivity index (χ2v) is 14.0. The molecule has 3 heterocycles. The summed E-state index contributed by atoms with van der Waals surface area (Å²) in [5, 5.41) is 27.2. The lowest BCUT2D eigenvalue weighted by molar-refractivity contribution is 1.16. The molecule has 0 bridgehead atoms. The van der Waals surface area contributed by atoms with Crippen LogP contribution in [-0.4, -0.2) is 13.7 Å². The fraction of sp³-hybridized carbons (Fsp3) is 0. The fourth-order valence-electron chi connectivity index (χ4n) is 8.76. The van der Waals surface area contributed by atoms with Gasteiger partial charge in [0, 0.05) is 49.3 Å². The van der Waals surface area contributed by atoms with Crippen LogP contribution in [0.1, 0.15) is 11.1 Å². The Balaban J connectivity index is 1.10. The van der Waals surface area contributed by atoms with Gasteiger partial charge in [-0.25, -0.2) is 0 Å². The number of aromatic nitrogens is 3. The molecule has 8 aromatic carbocycles. The zero-order chi connectivity index (χ0) is 36.6. The summed E-state index contributed by atoms with van der Waals surface area (Å²) in [5.41, 5.74) is 12.7. The molecule has 0 saturated heterocycles. The molecule has 0 spiro atoms. The minimum Gasteiger partial charge on any atom is -0.309 e. The van der Waals surface area contributed by atoms with Gasteiger partial charge in [0.1, 0.15) is 6.07 Å². The van der Waals surface area contributed by atoms with Crippen molar-refractivity contribution >= 4 is 65.4 Å². The third-order valence-corrected chi connectivity index (χ3v) is 11.1. The minimum absolute atomic E-state index is 0.614. The zero-order valence-corrected chi connectivity index (χ0v) is 29.5. The van der Waals surface area contributed by atoms with Crippen molar-refractivity contribution in [1.29, 1.82) is 10.5 Å². The van der Waals surface area contributed by atoms with Crippen molar-refractivity contribution in [3.63, 3.8) is 0 Å². The van der Waals surface area contributed by atoms with E-state index in [9.17, 15) is 10.5 Å². The molecule has 11 aromatic rings. The summed E-state index contributed by atoms with van der Waals surface area (Å²) in [6.07, 6.45) is 0. The Labute approximate surface area is 316 Å². The van der Waals surface area contributed by atoms with Crippen molar-refractivity contribution in [2.24, 2.45) is 0 Å². The third kappa shape index (κ3) is 4.45. The number of rotatable bonds is 4. The quantitative estimate of drug-likeness (QED) is 0.184. The summed E-state index contributed by atoms with van der Waals surface area (Å²) in [6, 6.07) is 65.9. The minimum atomic E-state index is 0.614. The van der Waals surface area contributed by atoms with Crippen LogP contribution in [0.3, 0.4) is 0 Å². The highest BCUT2D eigenvalue weighted by atomic mass is 15.0. The number of hydrogen-bond donors (Lipinski definition) is 0. The van der Waals surface area contributed by atoms with Gasteiger partial charge in [-0.3, -0.25) is 0 Å². The van der Waals surface area contributed by atoms with E-state index in [4.69, 9.17) is 0 Å². The molecule has 0 aliphatic carbocycles. The van der Waals surface area contributed by atoms with Crippen LogP contribution < -0.4 is 0 Å². The Morgan fingerprint density at radius 1 is 0.345 bits per heavy atom. The van der Waals surface area contributed by atoms with E-state index in [1.807, 2.05) is 24.3 Å². The molecule has 5 heteroatoms. The largest absolute Gasteiger partial charge is 0.309 e. The molecule has 0 amide bonds. The van der Waals surface area contributed by atoms with Gasteiger partial charge in [-0.05, 0) is 84.4 Å². The number of benzene rings is 8.